The fourth-order valence-corrected chi connectivity index (χ4v) is 7.72. The largest absolute Gasteiger partial charge is 0.455 e. The van der Waals surface area contributed by atoms with Crippen LogP contribution in [0.4, 0.5) is 0 Å². The molecule has 8 aromatic carbocycles. The van der Waals surface area contributed by atoms with Gasteiger partial charge in [-0.3, -0.25) is 0 Å². The first kappa shape index (κ1) is 25.2. The van der Waals surface area contributed by atoms with Gasteiger partial charge in [-0.2, -0.15) is 0 Å². The van der Waals surface area contributed by atoms with Crippen molar-refractivity contribution in [3.8, 4) is 27.9 Å². The van der Waals surface area contributed by atoms with Gasteiger partial charge in [0.05, 0.1) is 11.0 Å². The van der Waals surface area contributed by atoms with Gasteiger partial charge in [-0.1, -0.05) is 133 Å². The molecule has 2 nitrogen and oxygen atoms in total. The van der Waals surface area contributed by atoms with Crippen LogP contribution >= 0.6 is 0 Å². The normalized spacial score (nSPS) is 11.9. The van der Waals surface area contributed by atoms with E-state index in [2.05, 4.69) is 168 Å². The van der Waals surface area contributed by atoms with Crippen molar-refractivity contribution in [1.82, 2.24) is 4.57 Å². The highest BCUT2D eigenvalue weighted by molar-refractivity contribution is 6.31. The van der Waals surface area contributed by atoms with Crippen LogP contribution in [0, 0.1) is 0 Å². The number of fused-ring (bicyclic) bond motifs is 8. The molecule has 0 atom stereocenters. The zero-order chi connectivity index (χ0) is 30.2. The van der Waals surface area contributed by atoms with Crippen LogP contribution in [0.3, 0.4) is 0 Å². The monoisotopic (exact) mass is 585 g/mol. The van der Waals surface area contributed by atoms with Crippen molar-refractivity contribution in [3.63, 3.8) is 0 Å². The number of benzene rings is 8. The molecule has 0 spiro atoms. The maximum Gasteiger partial charge on any atom is 0.144 e. The van der Waals surface area contributed by atoms with Crippen molar-refractivity contribution in [2.45, 2.75) is 0 Å². The van der Waals surface area contributed by atoms with Crippen LogP contribution in [0.1, 0.15) is 0 Å². The standard InChI is InChI=1S/C44H27NO/c1-2-16-29(17-3-1)45-37-25-10-8-21-34(37)40-36(24-13-26-38(40)45)41-32-19-6-7-20-33(32)42(31-23-12-15-28-14-4-5-18-30(28)31)44-43(41)35-22-9-11-27-39(35)46-44/h1-27H. The van der Waals surface area contributed by atoms with E-state index in [9.17, 15) is 0 Å². The number of furan rings is 1. The van der Waals surface area contributed by atoms with E-state index >= 15 is 0 Å². The first-order valence-electron chi connectivity index (χ1n) is 15.8. The van der Waals surface area contributed by atoms with Crippen LogP contribution < -0.4 is 0 Å². The van der Waals surface area contributed by atoms with Crippen LogP contribution in [-0.2, 0) is 0 Å². The summed E-state index contributed by atoms with van der Waals surface area (Å²) in [7, 11) is 0. The Morgan fingerprint density at radius 3 is 1.80 bits per heavy atom. The third kappa shape index (κ3) is 3.47. The molecule has 0 unspecified atom stereocenters. The maximum atomic E-state index is 6.93. The molecule has 0 saturated heterocycles. The summed E-state index contributed by atoms with van der Waals surface area (Å²) in [6, 6.07) is 58.8. The van der Waals surface area contributed by atoms with Gasteiger partial charge in [0.2, 0.25) is 0 Å². The Morgan fingerprint density at radius 2 is 0.957 bits per heavy atom. The number of rotatable bonds is 3. The number of hydrogen-bond acceptors (Lipinski definition) is 1. The van der Waals surface area contributed by atoms with Gasteiger partial charge in [0, 0.05) is 38.4 Å². The van der Waals surface area contributed by atoms with Crippen molar-refractivity contribution in [2.24, 2.45) is 0 Å². The van der Waals surface area contributed by atoms with Gasteiger partial charge in [-0.25, -0.2) is 0 Å². The molecule has 0 saturated carbocycles. The molecule has 0 radical (unpaired) electrons. The molecule has 0 fully saturated rings. The van der Waals surface area contributed by atoms with Crippen LogP contribution in [0.15, 0.2) is 168 Å². The molecule has 0 aliphatic carbocycles. The average molecular weight is 586 g/mol. The van der Waals surface area contributed by atoms with Gasteiger partial charge < -0.3 is 8.98 Å². The summed E-state index contributed by atoms with van der Waals surface area (Å²) in [5.74, 6) is 0. The van der Waals surface area contributed by atoms with Gasteiger partial charge in [0.15, 0.2) is 0 Å². The second kappa shape index (κ2) is 9.69. The second-order valence-electron chi connectivity index (χ2n) is 12.0. The quantitative estimate of drug-likeness (QED) is 0.202. The van der Waals surface area contributed by atoms with E-state index in [0.717, 1.165) is 33.2 Å². The summed E-state index contributed by atoms with van der Waals surface area (Å²) in [6.45, 7) is 0. The molecule has 10 rings (SSSR count). The first-order valence-corrected chi connectivity index (χ1v) is 15.8. The molecular formula is C44H27NO. The SMILES string of the molecule is c1ccc(-n2c3ccccc3c3c(-c4c5ccccc5c(-c5cccc6ccccc56)c5oc6ccccc6c45)cccc32)cc1. The third-order valence-electron chi connectivity index (χ3n) is 9.58. The second-order valence-corrected chi connectivity index (χ2v) is 12.0. The fraction of sp³-hybridized carbons (Fsp3) is 0. The number of hydrogen-bond donors (Lipinski definition) is 0. The van der Waals surface area contributed by atoms with Crippen molar-refractivity contribution in [3.05, 3.63) is 164 Å². The molecule has 2 heteroatoms. The highest BCUT2D eigenvalue weighted by Gasteiger charge is 2.25. The van der Waals surface area contributed by atoms with Crippen molar-refractivity contribution < 1.29 is 4.42 Å². The minimum atomic E-state index is 0.898. The van der Waals surface area contributed by atoms with E-state index in [1.54, 1.807) is 0 Å². The maximum absolute atomic E-state index is 6.93. The molecule has 0 aliphatic rings. The minimum absolute atomic E-state index is 0.898. The Kier molecular flexibility index (Phi) is 5.31. The molecule has 0 bridgehead atoms. The lowest BCUT2D eigenvalue weighted by molar-refractivity contribution is 0.670. The lowest BCUT2D eigenvalue weighted by Crippen LogP contribution is -1.93. The Bertz CT molecular complexity index is 2790. The van der Waals surface area contributed by atoms with Crippen LogP contribution in [0.2, 0.25) is 0 Å². The Morgan fingerprint density at radius 1 is 0.370 bits per heavy atom. The van der Waals surface area contributed by atoms with E-state index in [0.29, 0.717) is 0 Å². The lowest BCUT2D eigenvalue weighted by Gasteiger charge is -2.17. The highest BCUT2D eigenvalue weighted by atomic mass is 16.3. The van der Waals surface area contributed by atoms with Gasteiger partial charge in [-0.05, 0) is 63.0 Å². The van der Waals surface area contributed by atoms with Crippen molar-refractivity contribution >= 4 is 65.3 Å². The number of para-hydroxylation sites is 3. The van der Waals surface area contributed by atoms with Gasteiger partial charge in [0.25, 0.3) is 0 Å². The predicted octanol–water partition coefficient (Wildman–Crippen LogP) is 12.3. The Balaban J connectivity index is 1.43. The summed E-state index contributed by atoms with van der Waals surface area (Å²) in [4.78, 5) is 0. The van der Waals surface area contributed by atoms with E-state index in [4.69, 9.17) is 4.42 Å². The van der Waals surface area contributed by atoms with E-state index < -0.39 is 0 Å². The molecule has 2 heterocycles. The molecule has 2 aromatic heterocycles. The molecule has 46 heavy (non-hydrogen) atoms. The molecule has 0 aliphatic heterocycles. The van der Waals surface area contributed by atoms with Gasteiger partial charge in [-0.15, -0.1) is 0 Å². The van der Waals surface area contributed by atoms with Crippen molar-refractivity contribution in [1.29, 1.82) is 0 Å². The Hall–Kier alpha value is -6.12. The zero-order valence-electron chi connectivity index (χ0n) is 24.9. The third-order valence-corrected chi connectivity index (χ3v) is 9.58. The highest BCUT2D eigenvalue weighted by Crippen LogP contribution is 2.50. The minimum Gasteiger partial charge on any atom is -0.455 e. The molecule has 0 amide bonds. The molecule has 10 aromatic rings. The van der Waals surface area contributed by atoms with E-state index in [-0.39, 0.29) is 0 Å². The van der Waals surface area contributed by atoms with E-state index in [1.165, 1.54) is 60.0 Å². The Labute approximate surface area is 265 Å². The summed E-state index contributed by atoms with van der Waals surface area (Å²) >= 11 is 0. The fourth-order valence-electron chi connectivity index (χ4n) is 7.72. The van der Waals surface area contributed by atoms with Crippen LogP contribution in [0.25, 0.3) is 93.2 Å². The van der Waals surface area contributed by atoms with Gasteiger partial charge >= 0.3 is 0 Å². The molecule has 0 N–H and O–H groups in total. The first-order chi connectivity index (χ1) is 22.9. The number of aromatic nitrogens is 1. The van der Waals surface area contributed by atoms with Gasteiger partial charge in [0.1, 0.15) is 11.2 Å². The number of nitrogens with zero attached hydrogens (tertiary/aromatic N) is 1. The topological polar surface area (TPSA) is 18.1 Å². The summed E-state index contributed by atoms with van der Waals surface area (Å²) in [6.07, 6.45) is 0. The molecule has 214 valence electrons. The smallest absolute Gasteiger partial charge is 0.144 e. The van der Waals surface area contributed by atoms with Crippen LogP contribution in [0.5, 0.6) is 0 Å². The average Bonchev–Trinajstić information content (AvgIpc) is 3.67. The van der Waals surface area contributed by atoms with E-state index in [1.807, 2.05) is 0 Å². The zero-order valence-corrected chi connectivity index (χ0v) is 24.9. The summed E-state index contributed by atoms with van der Waals surface area (Å²) in [5, 5.41) is 9.60. The van der Waals surface area contributed by atoms with Crippen molar-refractivity contribution in [2.75, 3.05) is 0 Å². The molecular weight excluding hydrogens is 558 g/mol. The lowest BCUT2D eigenvalue weighted by atomic mass is 9.85. The summed E-state index contributed by atoms with van der Waals surface area (Å²) < 4.78 is 9.32. The summed E-state index contributed by atoms with van der Waals surface area (Å²) in [5.41, 5.74) is 10.1. The predicted molar refractivity (Wildman–Crippen MR) is 194 cm³/mol. The van der Waals surface area contributed by atoms with Crippen LogP contribution in [-0.4, -0.2) is 4.57 Å².